The normalized spacial score (nSPS) is 16.1. The molecule has 1 N–H and O–H groups in total. The van der Waals surface area contributed by atoms with E-state index in [1.807, 2.05) is 7.05 Å². The minimum atomic E-state index is -1.15. The molecule has 0 fully saturated rings. The molecule has 0 saturated carbocycles. The highest BCUT2D eigenvalue weighted by Crippen LogP contribution is 2.28. The molecule has 0 radical (unpaired) electrons. The molecular formula is C14H21Cl2NOS. The second kappa shape index (κ2) is 8.25. The van der Waals surface area contributed by atoms with Gasteiger partial charge in [-0.05, 0) is 38.1 Å². The Bertz CT molecular complexity index is 439. The lowest BCUT2D eigenvalue weighted by molar-refractivity contribution is 0.481. The summed E-state index contributed by atoms with van der Waals surface area (Å²) in [7, 11) is 0.763. The maximum absolute atomic E-state index is 12.8. The van der Waals surface area contributed by atoms with E-state index in [2.05, 4.69) is 19.2 Å². The Labute approximate surface area is 128 Å². The van der Waals surface area contributed by atoms with Crippen molar-refractivity contribution in [3.8, 4) is 0 Å². The molecule has 3 unspecified atom stereocenters. The summed E-state index contributed by atoms with van der Waals surface area (Å²) in [5.74, 6) is 0. The SMILES string of the molecule is CCCC(NC)C(CC)S(=O)c1cc(Cl)ccc1Cl. The second-order valence-electron chi connectivity index (χ2n) is 4.50. The smallest absolute Gasteiger partial charge is 0.0592 e. The molecule has 0 aliphatic carbocycles. The Hall–Kier alpha value is -0.0900. The van der Waals surface area contributed by atoms with E-state index in [9.17, 15) is 4.21 Å². The van der Waals surface area contributed by atoms with Crippen molar-refractivity contribution in [3.05, 3.63) is 28.2 Å². The van der Waals surface area contributed by atoms with Crippen LogP contribution in [0.4, 0.5) is 0 Å². The van der Waals surface area contributed by atoms with E-state index in [4.69, 9.17) is 23.2 Å². The van der Waals surface area contributed by atoms with Gasteiger partial charge in [-0.1, -0.05) is 43.5 Å². The van der Waals surface area contributed by atoms with E-state index in [0.29, 0.717) is 14.9 Å². The predicted octanol–water partition coefficient (Wildman–Crippen LogP) is 4.27. The zero-order valence-electron chi connectivity index (χ0n) is 11.6. The highest BCUT2D eigenvalue weighted by molar-refractivity contribution is 7.85. The van der Waals surface area contributed by atoms with Crippen molar-refractivity contribution in [2.45, 2.75) is 49.3 Å². The van der Waals surface area contributed by atoms with Gasteiger partial charge < -0.3 is 5.32 Å². The molecule has 1 aromatic carbocycles. The third-order valence-corrected chi connectivity index (χ3v) is 5.87. The Morgan fingerprint density at radius 1 is 1.32 bits per heavy atom. The zero-order chi connectivity index (χ0) is 14.4. The van der Waals surface area contributed by atoms with E-state index in [-0.39, 0.29) is 11.3 Å². The van der Waals surface area contributed by atoms with Gasteiger partial charge in [0, 0.05) is 11.1 Å². The van der Waals surface area contributed by atoms with Gasteiger partial charge in [0.15, 0.2) is 0 Å². The summed E-state index contributed by atoms with van der Waals surface area (Å²) < 4.78 is 12.8. The lowest BCUT2D eigenvalue weighted by Crippen LogP contribution is -2.40. The van der Waals surface area contributed by atoms with Crippen molar-refractivity contribution >= 4 is 34.0 Å². The Balaban J connectivity index is 3.03. The molecular weight excluding hydrogens is 301 g/mol. The van der Waals surface area contributed by atoms with Crippen LogP contribution in [0.1, 0.15) is 33.1 Å². The molecule has 0 heterocycles. The maximum Gasteiger partial charge on any atom is 0.0592 e. The Kier molecular flexibility index (Phi) is 7.37. The number of halogens is 2. The van der Waals surface area contributed by atoms with E-state index in [1.165, 1.54) is 0 Å². The molecule has 3 atom stereocenters. The minimum absolute atomic E-state index is 0.0425. The van der Waals surface area contributed by atoms with Crippen LogP contribution in [0.5, 0.6) is 0 Å². The molecule has 0 amide bonds. The third-order valence-electron chi connectivity index (χ3n) is 3.21. The minimum Gasteiger partial charge on any atom is -0.316 e. The first-order valence-electron chi connectivity index (χ1n) is 6.58. The topological polar surface area (TPSA) is 29.1 Å². The number of rotatable bonds is 7. The quantitative estimate of drug-likeness (QED) is 0.812. The molecule has 1 aromatic rings. The maximum atomic E-state index is 12.8. The predicted molar refractivity (Wildman–Crippen MR) is 84.7 cm³/mol. The summed E-state index contributed by atoms with van der Waals surface area (Å²) in [6.07, 6.45) is 2.89. The second-order valence-corrected chi connectivity index (χ2v) is 6.99. The van der Waals surface area contributed by atoms with Crippen LogP contribution in [0.3, 0.4) is 0 Å². The van der Waals surface area contributed by atoms with Crippen LogP contribution in [0.2, 0.25) is 10.0 Å². The average molecular weight is 322 g/mol. The Morgan fingerprint density at radius 2 is 2.00 bits per heavy atom. The lowest BCUT2D eigenvalue weighted by atomic mass is 10.1. The molecule has 0 aliphatic heterocycles. The van der Waals surface area contributed by atoms with Gasteiger partial charge in [-0.3, -0.25) is 4.21 Å². The van der Waals surface area contributed by atoms with Gasteiger partial charge in [0.25, 0.3) is 0 Å². The monoisotopic (exact) mass is 321 g/mol. The summed E-state index contributed by atoms with van der Waals surface area (Å²) in [5.41, 5.74) is 0. The summed E-state index contributed by atoms with van der Waals surface area (Å²) in [6.45, 7) is 4.19. The molecule has 19 heavy (non-hydrogen) atoms. The van der Waals surface area contributed by atoms with Crippen LogP contribution in [0.15, 0.2) is 23.1 Å². The van der Waals surface area contributed by atoms with Crippen molar-refractivity contribution in [3.63, 3.8) is 0 Å². The highest BCUT2D eigenvalue weighted by Gasteiger charge is 2.26. The van der Waals surface area contributed by atoms with Gasteiger partial charge in [0.2, 0.25) is 0 Å². The van der Waals surface area contributed by atoms with Crippen LogP contribution in [0.25, 0.3) is 0 Å². The number of nitrogens with one attached hydrogen (secondary N) is 1. The van der Waals surface area contributed by atoms with Gasteiger partial charge in [0.1, 0.15) is 0 Å². The van der Waals surface area contributed by atoms with Crippen molar-refractivity contribution in [1.29, 1.82) is 0 Å². The summed E-state index contributed by atoms with van der Waals surface area (Å²) in [5, 5.41) is 4.40. The fraction of sp³-hybridized carbons (Fsp3) is 0.571. The van der Waals surface area contributed by atoms with Gasteiger partial charge in [-0.2, -0.15) is 0 Å². The first-order valence-corrected chi connectivity index (χ1v) is 8.54. The van der Waals surface area contributed by atoms with E-state index < -0.39 is 10.8 Å². The van der Waals surface area contributed by atoms with Crippen LogP contribution in [-0.2, 0) is 10.8 Å². The highest BCUT2D eigenvalue weighted by atomic mass is 35.5. The van der Waals surface area contributed by atoms with Crippen LogP contribution < -0.4 is 5.32 Å². The van der Waals surface area contributed by atoms with E-state index in [1.54, 1.807) is 18.2 Å². The largest absolute Gasteiger partial charge is 0.316 e. The van der Waals surface area contributed by atoms with Gasteiger partial charge in [-0.15, -0.1) is 0 Å². The van der Waals surface area contributed by atoms with Crippen LogP contribution in [0, 0.1) is 0 Å². The Morgan fingerprint density at radius 3 is 2.53 bits per heavy atom. The number of hydrogen-bond acceptors (Lipinski definition) is 2. The molecule has 0 saturated heterocycles. The molecule has 5 heteroatoms. The number of benzene rings is 1. The fourth-order valence-corrected chi connectivity index (χ4v) is 4.49. The summed E-state index contributed by atoms with van der Waals surface area (Å²) in [6, 6.07) is 5.36. The van der Waals surface area contributed by atoms with Crippen molar-refractivity contribution in [1.82, 2.24) is 5.32 Å². The molecule has 0 bridgehead atoms. The molecule has 108 valence electrons. The van der Waals surface area contributed by atoms with E-state index >= 15 is 0 Å². The molecule has 2 nitrogen and oxygen atoms in total. The average Bonchev–Trinajstić information content (AvgIpc) is 2.41. The molecule has 0 aromatic heterocycles. The van der Waals surface area contributed by atoms with Gasteiger partial charge in [0.05, 0.1) is 26.0 Å². The van der Waals surface area contributed by atoms with Crippen LogP contribution >= 0.6 is 23.2 Å². The van der Waals surface area contributed by atoms with Crippen molar-refractivity contribution in [2.75, 3.05) is 7.05 Å². The lowest BCUT2D eigenvalue weighted by Gasteiger charge is -2.25. The summed E-state index contributed by atoms with van der Waals surface area (Å²) in [4.78, 5) is 0.636. The van der Waals surface area contributed by atoms with Crippen molar-refractivity contribution < 1.29 is 4.21 Å². The molecule has 0 spiro atoms. The standard InChI is InChI=1S/C14H21Cl2NOS/c1-4-6-12(17-3)13(5-2)19(18)14-9-10(15)7-8-11(14)16/h7-9,12-13,17H,4-6H2,1-3H3. The van der Waals surface area contributed by atoms with E-state index in [0.717, 1.165) is 19.3 Å². The third kappa shape index (κ3) is 4.45. The summed E-state index contributed by atoms with van der Waals surface area (Å²) >= 11 is 12.1. The van der Waals surface area contributed by atoms with Gasteiger partial charge >= 0.3 is 0 Å². The first kappa shape index (κ1) is 17.0. The van der Waals surface area contributed by atoms with Crippen molar-refractivity contribution in [2.24, 2.45) is 0 Å². The molecule has 1 rings (SSSR count). The van der Waals surface area contributed by atoms with Gasteiger partial charge in [-0.25, -0.2) is 0 Å². The van der Waals surface area contributed by atoms with Crippen LogP contribution in [-0.4, -0.2) is 22.5 Å². The first-order chi connectivity index (χ1) is 9.04. The number of hydrogen-bond donors (Lipinski definition) is 1. The zero-order valence-corrected chi connectivity index (χ0v) is 13.9. The molecule has 0 aliphatic rings. The fourth-order valence-electron chi connectivity index (χ4n) is 2.21.